The number of nitrogens with zero attached hydrogens (tertiary/aromatic N) is 3. The molecular formula is C29H23N3O2. The first-order valence-corrected chi connectivity index (χ1v) is 10.9. The fourth-order valence-corrected chi connectivity index (χ4v) is 3.79. The lowest BCUT2D eigenvalue weighted by Crippen LogP contribution is -1.89. The average molecular weight is 446 g/mol. The van der Waals surface area contributed by atoms with Crippen LogP contribution in [0.5, 0.6) is 11.5 Å². The van der Waals surface area contributed by atoms with Gasteiger partial charge in [-0.2, -0.15) is 0 Å². The van der Waals surface area contributed by atoms with Gasteiger partial charge in [-0.25, -0.2) is 4.98 Å². The van der Waals surface area contributed by atoms with Crippen LogP contribution >= 0.6 is 0 Å². The Hall–Kier alpha value is -4.51. The summed E-state index contributed by atoms with van der Waals surface area (Å²) in [4.78, 5) is 14.1. The number of benzene rings is 4. The molecule has 5 aromatic rings. The van der Waals surface area contributed by atoms with Gasteiger partial charge >= 0.3 is 0 Å². The van der Waals surface area contributed by atoms with E-state index in [2.05, 4.69) is 16.1 Å². The van der Waals surface area contributed by atoms with E-state index < -0.39 is 0 Å². The van der Waals surface area contributed by atoms with Crippen molar-refractivity contribution in [1.82, 2.24) is 4.98 Å². The van der Waals surface area contributed by atoms with Crippen LogP contribution in [0.15, 0.2) is 101 Å². The number of methoxy groups -OCH3 is 2. The van der Waals surface area contributed by atoms with E-state index in [4.69, 9.17) is 14.5 Å². The Bertz CT molecular complexity index is 1430. The lowest BCUT2D eigenvalue weighted by atomic mass is 10.1. The van der Waals surface area contributed by atoms with Crippen LogP contribution in [0.3, 0.4) is 0 Å². The van der Waals surface area contributed by atoms with Crippen LogP contribution in [0.1, 0.15) is 11.1 Å². The molecule has 34 heavy (non-hydrogen) atoms. The van der Waals surface area contributed by atoms with Gasteiger partial charge in [-0.15, -0.1) is 0 Å². The van der Waals surface area contributed by atoms with Crippen LogP contribution in [0, 0.1) is 0 Å². The van der Waals surface area contributed by atoms with Crippen molar-refractivity contribution in [3.8, 4) is 11.5 Å². The van der Waals surface area contributed by atoms with Crippen molar-refractivity contribution in [2.75, 3.05) is 14.2 Å². The third-order valence-electron chi connectivity index (χ3n) is 5.56. The number of para-hydroxylation sites is 2. The van der Waals surface area contributed by atoms with E-state index in [1.165, 1.54) is 0 Å². The smallest absolute Gasteiger partial charge is 0.127 e. The standard InChI is InChI=1S/C29H23N3O2/c1-33-28-9-5-3-7-22(28)18-30-24-13-11-20-15-21-12-14-25(17-27(21)32-26(20)16-24)31-19-23-8-4-6-10-29(23)34-2/h3-19H,1-2H3. The maximum Gasteiger partial charge on any atom is 0.127 e. The molecule has 0 atom stereocenters. The molecule has 0 aliphatic heterocycles. The molecule has 0 spiro atoms. The second-order valence-corrected chi connectivity index (χ2v) is 7.74. The molecule has 0 fully saturated rings. The molecule has 5 heteroatoms. The molecule has 4 aromatic carbocycles. The Morgan fingerprint density at radius 1 is 0.588 bits per heavy atom. The summed E-state index contributed by atoms with van der Waals surface area (Å²) < 4.78 is 10.8. The molecule has 0 saturated heterocycles. The van der Waals surface area contributed by atoms with E-state index in [0.29, 0.717) is 0 Å². The van der Waals surface area contributed by atoms with Crippen molar-refractivity contribution in [1.29, 1.82) is 0 Å². The normalized spacial score (nSPS) is 11.6. The second kappa shape index (κ2) is 9.55. The van der Waals surface area contributed by atoms with E-state index >= 15 is 0 Å². The highest BCUT2D eigenvalue weighted by atomic mass is 16.5. The summed E-state index contributed by atoms with van der Waals surface area (Å²) >= 11 is 0. The van der Waals surface area contributed by atoms with Crippen LogP contribution in [0.25, 0.3) is 21.8 Å². The van der Waals surface area contributed by atoms with Crippen molar-refractivity contribution in [3.05, 3.63) is 102 Å². The Morgan fingerprint density at radius 3 is 1.53 bits per heavy atom. The molecule has 0 aliphatic carbocycles. The van der Waals surface area contributed by atoms with E-state index in [9.17, 15) is 0 Å². The number of aromatic nitrogens is 1. The van der Waals surface area contributed by atoms with Crippen molar-refractivity contribution in [2.45, 2.75) is 0 Å². The summed E-state index contributed by atoms with van der Waals surface area (Å²) in [6.07, 6.45) is 3.62. The molecule has 0 aliphatic rings. The summed E-state index contributed by atoms with van der Waals surface area (Å²) in [7, 11) is 3.32. The van der Waals surface area contributed by atoms with Gasteiger partial charge in [0.1, 0.15) is 11.5 Å². The van der Waals surface area contributed by atoms with E-state index in [-0.39, 0.29) is 0 Å². The van der Waals surface area contributed by atoms with Gasteiger partial charge in [0.15, 0.2) is 0 Å². The molecule has 0 N–H and O–H groups in total. The zero-order valence-corrected chi connectivity index (χ0v) is 19.0. The highest BCUT2D eigenvalue weighted by molar-refractivity contribution is 5.96. The highest BCUT2D eigenvalue weighted by Gasteiger charge is 2.04. The predicted octanol–water partition coefficient (Wildman–Crippen LogP) is 6.91. The molecule has 166 valence electrons. The summed E-state index contributed by atoms with van der Waals surface area (Å²) in [6.45, 7) is 0. The average Bonchev–Trinajstić information content (AvgIpc) is 2.89. The minimum atomic E-state index is 0.789. The van der Waals surface area contributed by atoms with Crippen molar-refractivity contribution in [2.24, 2.45) is 9.98 Å². The number of ether oxygens (including phenoxy) is 2. The maximum absolute atomic E-state index is 5.40. The van der Waals surface area contributed by atoms with Crippen LogP contribution in [0.4, 0.5) is 11.4 Å². The summed E-state index contributed by atoms with van der Waals surface area (Å²) in [5.74, 6) is 1.58. The van der Waals surface area contributed by atoms with E-state index in [1.54, 1.807) is 14.2 Å². The third-order valence-corrected chi connectivity index (χ3v) is 5.56. The number of fused-ring (bicyclic) bond motifs is 2. The first kappa shape index (κ1) is 21.3. The number of pyridine rings is 1. The number of aliphatic imine (C=N–C) groups is 2. The zero-order valence-electron chi connectivity index (χ0n) is 19.0. The SMILES string of the molecule is COc1ccccc1C=Nc1ccc2cc3ccc(N=Cc4ccccc4OC)cc3nc2c1. The molecule has 5 rings (SSSR count). The number of hydrogen-bond donors (Lipinski definition) is 0. The first-order valence-electron chi connectivity index (χ1n) is 10.9. The monoisotopic (exact) mass is 445 g/mol. The van der Waals surface area contributed by atoms with Gasteiger partial charge in [-0.3, -0.25) is 9.98 Å². The van der Waals surface area contributed by atoms with Gasteiger partial charge in [0.05, 0.1) is 36.6 Å². The fourth-order valence-electron chi connectivity index (χ4n) is 3.79. The van der Waals surface area contributed by atoms with E-state index in [0.717, 1.165) is 55.8 Å². The molecule has 0 bridgehead atoms. The zero-order chi connectivity index (χ0) is 23.3. The third kappa shape index (κ3) is 4.50. The predicted molar refractivity (Wildman–Crippen MR) is 140 cm³/mol. The van der Waals surface area contributed by atoms with E-state index in [1.807, 2.05) is 97.4 Å². The number of hydrogen-bond acceptors (Lipinski definition) is 5. The lowest BCUT2D eigenvalue weighted by molar-refractivity contribution is 0.414. The molecule has 5 nitrogen and oxygen atoms in total. The Balaban J connectivity index is 1.46. The largest absolute Gasteiger partial charge is 0.496 e. The molecule has 1 heterocycles. The van der Waals surface area contributed by atoms with Crippen LogP contribution < -0.4 is 9.47 Å². The second-order valence-electron chi connectivity index (χ2n) is 7.74. The number of rotatable bonds is 6. The van der Waals surface area contributed by atoms with Gasteiger partial charge in [0.2, 0.25) is 0 Å². The fraction of sp³-hybridized carbons (Fsp3) is 0.0690. The Labute approximate surface area is 198 Å². The summed E-state index contributed by atoms with van der Waals surface area (Å²) in [5.41, 5.74) is 5.27. The molecule has 1 aromatic heterocycles. The van der Waals surface area contributed by atoms with Crippen molar-refractivity contribution in [3.63, 3.8) is 0 Å². The van der Waals surface area contributed by atoms with Crippen molar-refractivity contribution < 1.29 is 9.47 Å². The Morgan fingerprint density at radius 2 is 1.06 bits per heavy atom. The van der Waals surface area contributed by atoms with Gasteiger partial charge in [-0.1, -0.05) is 36.4 Å². The molecule has 0 radical (unpaired) electrons. The van der Waals surface area contributed by atoms with Crippen molar-refractivity contribution >= 4 is 45.6 Å². The van der Waals surface area contributed by atoms with Crippen LogP contribution in [-0.2, 0) is 0 Å². The molecular weight excluding hydrogens is 422 g/mol. The highest BCUT2D eigenvalue weighted by Crippen LogP contribution is 2.27. The molecule has 0 amide bonds. The van der Waals surface area contributed by atoms with Crippen LogP contribution in [0.2, 0.25) is 0 Å². The van der Waals surface area contributed by atoms with Crippen LogP contribution in [-0.4, -0.2) is 31.6 Å². The lowest BCUT2D eigenvalue weighted by Gasteiger charge is -2.05. The minimum Gasteiger partial charge on any atom is -0.496 e. The Kier molecular flexibility index (Phi) is 5.99. The van der Waals surface area contributed by atoms with Gasteiger partial charge in [0, 0.05) is 34.3 Å². The molecule has 0 saturated carbocycles. The maximum atomic E-state index is 5.40. The quantitative estimate of drug-likeness (QED) is 0.211. The molecule has 0 unspecified atom stereocenters. The first-order chi connectivity index (χ1) is 16.7. The van der Waals surface area contributed by atoms with Gasteiger partial charge in [-0.05, 0) is 54.6 Å². The topological polar surface area (TPSA) is 56.1 Å². The summed E-state index contributed by atoms with van der Waals surface area (Å²) in [5, 5.41) is 2.13. The van der Waals surface area contributed by atoms with Gasteiger partial charge in [0.25, 0.3) is 0 Å². The minimum absolute atomic E-state index is 0.789. The summed E-state index contributed by atoms with van der Waals surface area (Å²) in [6, 6.07) is 29.8. The van der Waals surface area contributed by atoms with Gasteiger partial charge < -0.3 is 9.47 Å².